The number of hydrogen-bond acceptors (Lipinski definition) is 5. The monoisotopic (exact) mass is 354 g/mol. The molecule has 0 fully saturated rings. The van der Waals surface area contributed by atoms with E-state index in [4.69, 9.17) is 13.7 Å². The van der Waals surface area contributed by atoms with E-state index in [0.717, 1.165) is 5.56 Å². The largest absolute Gasteiger partial charge is 0.459 e. The predicted molar refractivity (Wildman–Crippen MR) is 88.6 cm³/mol. The second-order valence-corrected chi connectivity index (χ2v) is 5.59. The van der Waals surface area contributed by atoms with Gasteiger partial charge in [0.25, 0.3) is 5.89 Å². The number of benzene rings is 2. The summed E-state index contributed by atoms with van der Waals surface area (Å²) in [5.74, 6) is -0.594. The third-order valence-electron chi connectivity index (χ3n) is 3.61. The fraction of sp³-hybridized carbons (Fsp3) is 0.0526. The van der Waals surface area contributed by atoms with E-state index in [9.17, 15) is 8.78 Å². The van der Waals surface area contributed by atoms with Crippen LogP contribution in [0.15, 0.2) is 63.7 Å². The van der Waals surface area contributed by atoms with Crippen LogP contribution in [0, 0.1) is 18.6 Å². The molecule has 0 aliphatic heterocycles. The first-order valence-corrected chi connectivity index (χ1v) is 7.71. The second kappa shape index (κ2) is 6.44. The molecule has 0 saturated heterocycles. The van der Waals surface area contributed by atoms with Crippen molar-refractivity contribution in [2.24, 2.45) is 0 Å². The highest BCUT2D eigenvalue weighted by Gasteiger charge is 2.16. The maximum Gasteiger partial charge on any atom is 0.293 e. The van der Waals surface area contributed by atoms with E-state index < -0.39 is 11.6 Å². The molecule has 2 heterocycles. The highest BCUT2D eigenvalue weighted by molar-refractivity contribution is 5.59. The van der Waals surface area contributed by atoms with E-state index in [1.807, 2.05) is 6.92 Å². The quantitative estimate of drug-likeness (QED) is 0.493. The lowest BCUT2D eigenvalue weighted by Crippen LogP contribution is -1.92. The van der Waals surface area contributed by atoms with Crippen LogP contribution in [-0.4, -0.2) is 10.1 Å². The molecule has 0 radical (unpaired) electrons. The molecule has 5 nitrogen and oxygen atoms in total. The van der Waals surface area contributed by atoms with Gasteiger partial charge in [-0.3, -0.25) is 0 Å². The van der Waals surface area contributed by atoms with Crippen LogP contribution in [-0.2, 0) is 0 Å². The molecular formula is C19H12F2N2O3. The van der Waals surface area contributed by atoms with Gasteiger partial charge in [0, 0.05) is 5.56 Å². The Bertz CT molecular complexity index is 1070. The molecule has 0 bridgehead atoms. The topological polar surface area (TPSA) is 61.3 Å². The van der Waals surface area contributed by atoms with Gasteiger partial charge in [0.05, 0.1) is 6.26 Å². The number of aryl methyl sites for hydroxylation is 1. The standard InChI is InChI=1S/C19H12F2N2O3/c1-11-8-17(24-10-11)19-22-18(23-26-19)12-6-7-16(14(21)9-12)25-15-5-3-2-4-13(15)20/h2-10H,1H3. The van der Waals surface area contributed by atoms with Crippen LogP contribution in [0.1, 0.15) is 5.56 Å². The number of para-hydroxylation sites is 1. The van der Waals surface area contributed by atoms with Crippen molar-refractivity contribution in [3.05, 3.63) is 72.0 Å². The van der Waals surface area contributed by atoms with Crippen LogP contribution in [0.5, 0.6) is 11.5 Å². The highest BCUT2D eigenvalue weighted by Crippen LogP contribution is 2.30. The minimum Gasteiger partial charge on any atom is -0.459 e. The minimum absolute atomic E-state index is 0.0609. The summed E-state index contributed by atoms with van der Waals surface area (Å²) in [6.07, 6.45) is 1.56. The molecule has 130 valence electrons. The normalized spacial score (nSPS) is 10.9. The summed E-state index contributed by atoms with van der Waals surface area (Å²) in [7, 11) is 0. The lowest BCUT2D eigenvalue weighted by Gasteiger charge is -2.08. The number of furan rings is 1. The van der Waals surface area contributed by atoms with Crippen LogP contribution in [0.25, 0.3) is 23.0 Å². The molecule has 2 aromatic heterocycles. The van der Waals surface area contributed by atoms with Gasteiger partial charge >= 0.3 is 0 Å². The summed E-state index contributed by atoms with van der Waals surface area (Å²) >= 11 is 0. The number of rotatable bonds is 4. The van der Waals surface area contributed by atoms with Gasteiger partial charge in [-0.15, -0.1) is 0 Å². The van der Waals surface area contributed by atoms with Crippen molar-refractivity contribution in [2.75, 3.05) is 0 Å². The Hall–Kier alpha value is -3.48. The Morgan fingerprint density at radius 3 is 2.50 bits per heavy atom. The highest BCUT2D eigenvalue weighted by atomic mass is 19.1. The maximum atomic E-state index is 14.3. The Labute approximate surface area is 146 Å². The van der Waals surface area contributed by atoms with E-state index in [0.29, 0.717) is 11.3 Å². The molecule has 0 N–H and O–H groups in total. The summed E-state index contributed by atoms with van der Waals surface area (Å²) in [4.78, 5) is 4.19. The third-order valence-corrected chi connectivity index (χ3v) is 3.61. The van der Waals surface area contributed by atoms with Crippen molar-refractivity contribution in [1.82, 2.24) is 10.1 Å². The summed E-state index contributed by atoms with van der Waals surface area (Å²) in [6, 6.07) is 11.7. The Morgan fingerprint density at radius 2 is 1.77 bits per heavy atom. The predicted octanol–water partition coefficient (Wildman–Crippen LogP) is 5.38. The van der Waals surface area contributed by atoms with E-state index >= 15 is 0 Å². The molecule has 0 saturated carbocycles. The number of hydrogen-bond donors (Lipinski definition) is 0. The van der Waals surface area contributed by atoms with Crippen molar-refractivity contribution in [2.45, 2.75) is 6.92 Å². The van der Waals surface area contributed by atoms with Crippen molar-refractivity contribution in [3.63, 3.8) is 0 Å². The van der Waals surface area contributed by atoms with Gasteiger partial charge in [0.1, 0.15) is 0 Å². The third kappa shape index (κ3) is 3.06. The van der Waals surface area contributed by atoms with Crippen molar-refractivity contribution >= 4 is 0 Å². The van der Waals surface area contributed by atoms with Gasteiger partial charge in [-0.1, -0.05) is 17.3 Å². The van der Waals surface area contributed by atoms with Gasteiger partial charge in [-0.25, -0.2) is 8.78 Å². The first-order valence-electron chi connectivity index (χ1n) is 7.71. The lowest BCUT2D eigenvalue weighted by atomic mass is 10.2. The molecule has 4 aromatic rings. The fourth-order valence-electron chi connectivity index (χ4n) is 2.35. The number of halogens is 2. The van der Waals surface area contributed by atoms with Crippen molar-refractivity contribution in [3.8, 4) is 34.5 Å². The Balaban J connectivity index is 1.60. The van der Waals surface area contributed by atoms with Crippen molar-refractivity contribution in [1.29, 1.82) is 0 Å². The molecule has 0 aliphatic carbocycles. The zero-order chi connectivity index (χ0) is 18.1. The van der Waals surface area contributed by atoms with Crippen LogP contribution < -0.4 is 4.74 Å². The molecule has 0 unspecified atom stereocenters. The molecule has 26 heavy (non-hydrogen) atoms. The van der Waals surface area contributed by atoms with E-state index in [1.165, 1.54) is 30.3 Å². The SMILES string of the molecule is Cc1coc(-c2nc(-c3ccc(Oc4ccccc4F)c(F)c3)no2)c1. The van der Waals surface area contributed by atoms with Gasteiger partial charge in [-0.2, -0.15) is 4.98 Å². The molecule has 0 aliphatic rings. The summed E-state index contributed by atoms with van der Waals surface area (Å²) < 4.78 is 43.7. The average molecular weight is 354 g/mol. The molecule has 4 rings (SSSR count). The van der Waals surface area contributed by atoms with Crippen LogP contribution in [0.2, 0.25) is 0 Å². The molecule has 2 aromatic carbocycles. The molecular weight excluding hydrogens is 342 g/mol. The zero-order valence-corrected chi connectivity index (χ0v) is 13.6. The first kappa shape index (κ1) is 16.0. The Morgan fingerprint density at radius 1 is 0.962 bits per heavy atom. The molecule has 7 heteroatoms. The zero-order valence-electron chi connectivity index (χ0n) is 13.6. The van der Waals surface area contributed by atoms with Crippen molar-refractivity contribution < 1.29 is 22.5 Å². The second-order valence-electron chi connectivity index (χ2n) is 5.59. The minimum atomic E-state index is -0.675. The van der Waals surface area contributed by atoms with Crippen LogP contribution >= 0.6 is 0 Å². The van der Waals surface area contributed by atoms with E-state index in [1.54, 1.807) is 24.5 Å². The van der Waals surface area contributed by atoms with Gasteiger partial charge < -0.3 is 13.7 Å². The van der Waals surface area contributed by atoms with Crippen LogP contribution in [0.4, 0.5) is 8.78 Å². The first-order chi connectivity index (χ1) is 12.6. The number of aromatic nitrogens is 2. The van der Waals surface area contributed by atoms with Crippen LogP contribution in [0.3, 0.4) is 0 Å². The van der Waals surface area contributed by atoms with Gasteiger partial charge in [0.15, 0.2) is 28.9 Å². The summed E-state index contributed by atoms with van der Waals surface area (Å²) in [6.45, 7) is 1.87. The molecule has 0 spiro atoms. The summed E-state index contributed by atoms with van der Waals surface area (Å²) in [5, 5.41) is 3.83. The lowest BCUT2D eigenvalue weighted by molar-refractivity contribution is 0.413. The van der Waals surface area contributed by atoms with Gasteiger partial charge in [-0.05, 0) is 48.9 Å². The molecule has 0 atom stereocenters. The van der Waals surface area contributed by atoms with E-state index in [-0.39, 0.29) is 23.2 Å². The van der Waals surface area contributed by atoms with Gasteiger partial charge in [0.2, 0.25) is 5.82 Å². The fourth-order valence-corrected chi connectivity index (χ4v) is 2.35. The maximum absolute atomic E-state index is 14.3. The summed E-state index contributed by atoms with van der Waals surface area (Å²) in [5.41, 5.74) is 1.31. The number of ether oxygens (including phenoxy) is 1. The smallest absolute Gasteiger partial charge is 0.293 e. The average Bonchev–Trinajstić information content (AvgIpc) is 3.27. The molecule has 0 amide bonds. The number of nitrogens with zero attached hydrogens (tertiary/aromatic N) is 2. The Kier molecular flexibility index (Phi) is 3.96. The van der Waals surface area contributed by atoms with E-state index in [2.05, 4.69) is 10.1 Å².